The quantitative estimate of drug-likeness (QED) is 0.542. The minimum absolute atomic E-state index is 0.134. The van der Waals surface area contributed by atoms with Crippen molar-refractivity contribution < 1.29 is 31.1 Å². The normalized spacial score (nSPS) is 11.8. The summed E-state index contributed by atoms with van der Waals surface area (Å²) in [5, 5.41) is 5.91. The van der Waals surface area contributed by atoms with Gasteiger partial charge in [0.1, 0.15) is 16.3 Å². The lowest BCUT2D eigenvalue weighted by atomic mass is 10.2. The molecule has 0 fully saturated rings. The molecule has 0 radical (unpaired) electrons. The van der Waals surface area contributed by atoms with Crippen molar-refractivity contribution in [2.45, 2.75) is 11.1 Å². The highest BCUT2D eigenvalue weighted by Gasteiger charge is 2.34. The van der Waals surface area contributed by atoms with E-state index < -0.39 is 32.7 Å². The van der Waals surface area contributed by atoms with Crippen LogP contribution in [-0.2, 0) is 23.2 Å². The van der Waals surface area contributed by atoms with E-state index in [4.69, 9.17) is 16.3 Å². The second kappa shape index (κ2) is 8.71. The summed E-state index contributed by atoms with van der Waals surface area (Å²) >= 11 is 5.57. The van der Waals surface area contributed by atoms with E-state index in [1.54, 1.807) is 7.05 Å². The van der Waals surface area contributed by atoms with Gasteiger partial charge < -0.3 is 10.1 Å². The van der Waals surface area contributed by atoms with E-state index >= 15 is 0 Å². The number of hydrogen-bond acceptors (Lipinski definition) is 5. The number of benzene rings is 2. The summed E-state index contributed by atoms with van der Waals surface area (Å²) in [4.78, 5) is 12.0. The highest BCUT2D eigenvalue weighted by Crippen LogP contribution is 2.37. The third-order valence-electron chi connectivity index (χ3n) is 4.29. The van der Waals surface area contributed by atoms with Crippen molar-refractivity contribution in [3.05, 3.63) is 64.9 Å². The minimum Gasteiger partial charge on any atom is -0.495 e. The molecule has 3 aromatic rings. The van der Waals surface area contributed by atoms with Crippen LogP contribution in [0.2, 0.25) is 5.02 Å². The number of nitrogens with zero attached hydrogens (tertiary/aromatic N) is 2. The first-order valence-electron chi connectivity index (χ1n) is 8.79. The Morgan fingerprint density at radius 3 is 2.41 bits per heavy atom. The van der Waals surface area contributed by atoms with Gasteiger partial charge in [-0.1, -0.05) is 11.6 Å². The number of amides is 1. The van der Waals surface area contributed by atoms with Crippen molar-refractivity contribution >= 4 is 38.9 Å². The van der Waals surface area contributed by atoms with Gasteiger partial charge in [0, 0.05) is 30.7 Å². The van der Waals surface area contributed by atoms with Crippen LogP contribution in [-0.4, -0.2) is 31.2 Å². The highest BCUT2D eigenvalue weighted by molar-refractivity contribution is 7.92. The number of aromatic nitrogens is 2. The molecule has 3 rings (SSSR count). The summed E-state index contributed by atoms with van der Waals surface area (Å²) in [6.07, 6.45) is -3.32. The maximum Gasteiger partial charge on any atom is 0.417 e. The summed E-state index contributed by atoms with van der Waals surface area (Å²) in [5.74, 6) is -0.619. The molecule has 13 heteroatoms. The molecule has 0 spiro atoms. The molecule has 0 aliphatic carbocycles. The van der Waals surface area contributed by atoms with Gasteiger partial charge in [-0.25, -0.2) is 8.42 Å². The van der Waals surface area contributed by atoms with E-state index in [9.17, 15) is 26.4 Å². The van der Waals surface area contributed by atoms with Crippen molar-refractivity contribution in [1.29, 1.82) is 0 Å². The van der Waals surface area contributed by atoms with E-state index in [1.807, 2.05) is 0 Å². The number of carbonyl (C=O) groups excluding carboxylic acids is 1. The predicted octanol–water partition coefficient (Wildman–Crippen LogP) is 4.15. The number of aryl methyl sites for hydroxylation is 1. The number of ether oxygens (including phenoxy) is 1. The first-order chi connectivity index (χ1) is 14.9. The summed E-state index contributed by atoms with van der Waals surface area (Å²) < 4.78 is 73.3. The fourth-order valence-electron chi connectivity index (χ4n) is 2.78. The lowest BCUT2D eigenvalue weighted by Crippen LogP contribution is -2.17. The number of nitrogens with one attached hydrogen (secondary N) is 2. The van der Waals surface area contributed by atoms with Gasteiger partial charge in [-0.3, -0.25) is 14.2 Å². The zero-order valence-corrected chi connectivity index (χ0v) is 18.1. The Hall–Kier alpha value is -3.25. The standard InChI is InChI=1S/C19H16ClF3N4O4S/c1-27-15(7-8-24-27)18(28)25-11-4-6-17(16(10-11)31-2)32(29,30)26-12-3-5-14(20)13(9-12)19(21,22)23/h3-10,26H,1-2H3,(H,25,28). The number of rotatable bonds is 6. The van der Waals surface area contributed by atoms with Crippen LogP contribution in [0.4, 0.5) is 24.5 Å². The number of anilines is 2. The third-order valence-corrected chi connectivity index (χ3v) is 6.04. The Balaban J connectivity index is 1.88. The lowest BCUT2D eigenvalue weighted by Gasteiger charge is -2.15. The zero-order chi connectivity index (χ0) is 23.7. The fraction of sp³-hybridized carbons (Fsp3) is 0.158. The second-order valence-electron chi connectivity index (χ2n) is 6.46. The van der Waals surface area contributed by atoms with Crippen LogP contribution in [0.3, 0.4) is 0 Å². The molecule has 0 atom stereocenters. The Kier molecular flexibility index (Phi) is 6.37. The van der Waals surface area contributed by atoms with Crippen LogP contribution in [0.15, 0.2) is 53.6 Å². The van der Waals surface area contributed by atoms with Crippen LogP contribution >= 0.6 is 11.6 Å². The molecule has 0 saturated carbocycles. The van der Waals surface area contributed by atoms with Crippen LogP contribution < -0.4 is 14.8 Å². The summed E-state index contributed by atoms with van der Waals surface area (Å²) in [7, 11) is -1.54. The third kappa shape index (κ3) is 4.97. The van der Waals surface area contributed by atoms with Gasteiger partial charge in [0.05, 0.1) is 17.7 Å². The molecule has 2 aromatic carbocycles. The van der Waals surface area contributed by atoms with Gasteiger partial charge in [-0.15, -0.1) is 0 Å². The lowest BCUT2D eigenvalue weighted by molar-refractivity contribution is -0.137. The van der Waals surface area contributed by atoms with Gasteiger partial charge in [0.25, 0.3) is 15.9 Å². The zero-order valence-electron chi connectivity index (χ0n) is 16.6. The van der Waals surface area contributed by atoms with Crippen molar-refractivity contribution in [2.75, 3.05) is 17.1 Å². The number of methoxy groups -OCH3 is 1. The van der Waals surface area contributed by atoms with Crippen molar-refractivity contribution in [3.8, 4) is 5.75 Å². The topological polar surface area (TPSA) is 102 Å². The number of sulfonamides is 1. The first-order valence-corrected chi connectivity index (χ1v) is 10.7. The van der Waals surface area contributed by atoms with Crippen molar-refractivity contribution in [2.24, 2.45) is 7.05 Å². The molecule has 8 nitrogen and oxygen atoms in total. The molecular weight excluding hydrogens is 473 g/mol. The van der Waals surface area contributed by atoms with Gasteiger partial charge in [0.2, 0.25) is 0 Å². The van der Waals surface area contributed by atoms with Gasteiger partial charge in [0.15, 0.2) is 0 Å². The summed E-state index contributed by atoms with van der Waals surface area (Å²) in [6, 6.07) is 7.87. The number of carbonyl (C=O) groups is 1. The molecule has 0 saturated heterocycles. The summed E-state index contributed by atoms with van der Waals surface area (Å²) in [5.41, 5.74) is -1.01. The number of halogens is 4. The monoisotopic (exact) mass is 488 g/mol. The number of hydrogen-bond donors (Lipinski definition) is 2. The molecule has 32 heavy (non-hydrogen) atoms. The molecule has 170 valence electrons. The molecule has 0 aliphatic heterocycles. The van der Waals surface area contributed by atoms with Crippen molar-refractivity contribution in [1.82, 2.24) is 9.78 Å². The van der Waals surface area contributed by atoms with Crippen LogP contribution in [0.1, 0.15) is 16.1 Å². The molecule has 1 amide bonds. The number of alkyl halides is 3. The van der Waals surface area contributed by atoms with Crippen LogP contribution in [0.25, 0.3) is 0 Å². The highest BCUT2D eigenvalue weighted by atomic mass is 35.5. The fourth-order valence-corrected chi connectivity index (χ4v) is 4.20. The minimum atomic E-state index is -4.76. The largest absolute Gasteiger partial charge is 0.495 e. The molecule has 1 aromatic heterocycles. The van der Waals surface area contributed by atoms with Crippen molar-refractivity contribution in [3.63, 3.8) is 0 Å². The molecule has 2 N–H and O–H groups in total. The molecule has 0 bridgehead atoms. The average Bonchev–Trinajstić information content (AvgIpc) is 3.14. The smallest absolute Gasteiger partial charge is 0.417 e. The molecule has 0 unspecified atom stereocenters. The first kappa shape index (κ1) is 23.4. The average molecular weight is 489 g/mol. The van der Waals surface area contributed by atoms with E-state index in [0.29, 0.717) is 6.07 Å². The Morgan fingerprint density at radius 2 is 1.81 bits per heavy atom. The van der Waals surface area contributed by atoms with Gasteiger partial charge in [-0.05, 0) is 36.4 Å². The van der Waals surface area contributed by atoms with Crippen LogP contribution in [0, 0.1) is 0 Å². The Bertz CT molecular complexity index is 1280. The molecule has 1 heterocycles. The maximum atomic E-state index is 13.1. The molecular formula is C19H16ClF3N4O4S. The molecule has 0 aliphatic rings. The Labute approximate surface area is 186 Å². The van der Waals surface area contributed by atoms with E-state index in [2.05, 4.69) is 15.1 Å². The predicted molar refractivity (Wildman–Crippen MR) is 111 cm³/mol. The van der Waals surface area contributed by atoms with Gasteiger partial charge in [-0.2, -0.15) is 18.3 Å². The Morgan fingerprint density at radius 1 is 1.12 bits per heavy atom. The summed E-state index contributed by atoms with van der Waals surface area (Å²) in [6.45, 7) is 0. The SMILES string of the molecule is COc1cc(NC(=O)c2ccnn2C)ccc1S(=O)(=O)Nc1ccc(Cl)c(C(F)(F)F)c1. The maximum absolute atomic E-state index is 13.1. The van der Waals surface area contributed by atoms with E-state index in [1.165, 1.54) is 36.2 Å². The van der Waals surface area contributed by atoms with E-state index in [0.717, 1.165) is 18.2 Å². The second-order valence-corrected chi connectivity index (χ2v) is 8.52. The van der Waals surface area contributed by atoms with E-state index in [-0.39, 0.29) is 27.7 Å². The van der Waals surface area contributed by atoms with Crippen LogP contribution in [0.5, 0.6) is 5.75 Å². The van der Waals surface area contributed by atoms with Gasteiger partial charge >= 0.3 is 6.18 Å².